The van der Waals surface area contributed by atoms with E-state index in [-0.39, 0.29) is 5.91 Å². The molecule has 0 fully saturated rings. The second kappa shape index (κ2) is 5.76. The Hall–Kier alpha value is -1.02. The number of rotatable bonds is 4. The van der Waals surface area contributed by atoms with Crippen molar-refractivity contribution in [2.45, 2.75) is 32.1 Å². The molecule has 0 saturated heterocycles. The maximum Gasteiger partial charge on any atom is 0.242 e. The molecule has 0 saturated carbocycles. The molecule has 0 spiro atoms. The van der Waals surface area contributed by atoms with Crippen LogP contribution in [-0.2, 0) is 11.2 Å². The van der Waals surface area contributed by atoms with Crippen molar-refractivity contribution in [1.82, 2.24) is 0 Å². The molecule has 1 rings (SSSR count). The van der Waals surface area contributed by atoms with Crippen molar-refractivity contribution in [2.75, 3.05) is 5.32 Å². The number of carbonyl (C=O) groups is 1. The molecule has 1 aromatic rings. The van der Waals surface area contributed by atoms with E-state index in [4.69, 9.17) is 11.6 Å². The molecular weight excluding hydrogens is 210 g/mol. The minimum atomic E-state index is -0.500. The van der Waals surface area contributed by atoms with E-state index in [0.717, 1.165) is 18.5 Å². The second-order valence-corrected chi connectivity index (χ2v) is 4.21. The van der Waals surface area contributed by atoms with Gasteiger partial charge in [-0.2, -0.15) is 0 Å². The molecule has 3 heteroatoms. The number of alkyl halides is 1. The lowest BCUT2D eigenvalue weighted by atomic mass is 10.1. The highest BCUT2D eigenvalue weighted by atomic mass is 35.5. The zero-order valence-corrected chi connectivity index (χ0v) is 9.84. The summed E-state index contributed by atoms with van der Waals surface area (Å²) >= 11 is 5.65. The number of hydrogen-bond donors (Lipinski definition) is 1. The van der Waals surface area contributed by atoms with Crippen LogP contribution in [0.2, 0.25) is 0 Å². The van der Waals surface area contributed by atoms with Crippen molar-refractivity contribution in [1.29, 1.82) is 0 Å². The first-order valence-corrected chi connectivity index (χ1v) is 5.61. The van der Waals surface area contributed by atoms with Crippen LogP contribution in [0.15, 0.2) is 24.3 Å². The smallest absolute Gasteiger partial charge is 0.242 e. The third-order valence-electron chi connectivity index (χ3n) is 2.12. The number of halogens is 1. The van der Waals surface area contributed by atoms with Gasteiger partial charge in [0.1, 0.15) is 5.38 Å². The summed E-state index contributed by atoms with van der Waals surface area (Å²) in [5, 5.41) is 2.24. The Morgan fingerprint density at radius 2 is 2.00 bits per heavy atom. The molecule has 1 atom stereocenters. The topological polar surface area (TPSA) is 29.1 Å². The first-order valence-electron chi connectivity index (χ1n) is 5.17. The summed E-state index contributed by atoms with van der Waals surface area (Å²) in [6, 6.07) is 7.86. The lowest BCUT2D eigenvalue weighted by molar-refractivity contribution is -0.115. The average Bonchev–Trinajstić information content (AvgIpc) is 2.21. The summed E-state index contributed by atoms with van der Waals surface area (Å²) in [5.74, 6) is -0.167. The predicted molar refractivity (Wildman–Crippen MR) is 64.4 cm³/mol. The van der Waals surface area contributed by atoms with Gasteiger partial charge >= 0.3 is 0 Å². The van der Waals surface area contributed by atoms with Crippen molar-refractivity contribution in [3.05, 3.63) is 29.8 Å². The van der Waals surface area contributed by atoms with Gasteiger partial charge in [-0.3, -0.25) is 4.79 Å². The van der Waals surface area contributed by atoms with Crippen molar-refractivity contribution in [3.8, 4) is 0 Å². The molecule has 82 valence electrons. The van der Waals surface area contributed by atoms with Crippen molar-refractivity contribution in [2.24, 2.45) is 0 Å². The summed E-state index contributed by atoms with van der Waals surface area (Å²) in [7, 11) is 0. The molecule has 0 aliphatic heterocycles. The van der Waals surface area contributed by atoms with E-state index in [0.29, 0.717) is 0 Å². The Kier molecular flexibility index (Phi) is 4.63. The van der Waals surface area contributed by atoms with E-state index >= 15 is 0 Å². The monoisotopic (exact) mass is 225 g/mol. The number of nitrogens with one attached hydrogen (secondary N) is 1. The molecule has 0 bridgehead atoms. The number of anilines is 1. The Labute approximate surface area is 95.6 Å². The van der Waals surface area contributed by atoms with E-state index in [1.54, 1.807) is 6.92 Å². The molecule has 0 heterocycles. The van der Waals surface area contributed by atoms with Gasteiger partial charge in [0.15, 0.2) is 0 Å². The van der Waals surface area contributed by atoms with E-state index < -0.39 is 5.38 Å². The van der Waals surface area contributed by atoms with Gasteiger partial charge in [0.25, 0.3) is 0 Å². The molecule has 0 aliphatic carbocycles. The Bertz CT molecular complexity index is 319. The summed E-state index contributed by atoms with van der Waals surface area (Å²) < 4.78 is 0. The van der Waals surface area contributed by atoms with Gasteiger partial charge in [0.2, 0.25) is 5.91 Å². The van der Waals surface area contributed by atoms with Gasteiger partial charge in [-0.1, -0.05) is 25.5 Å². The first-order chi connectivity index (χ1) is 7.13. The predicted octanol–water partition coefficient (Wildman–Crippen LogP) is 3.20. The number of hydrogen-bond acceptors (Lipinski definition) is 1. The summed E-state index contributed by atoms with van der Waals surface area (Å²) in [5.41, 5.74) is 2.08. The fourth-order valence-corrected chi connectivity index (χ4v) is 1.34. The minimum absolute atomic E-state index is 0.167. The number of benzene rings is 1. The van der Waals surface area contributed by atoms with Crippen LogP contribution in [0.5, 0.6) is 0 Å². The molecule has 1 unspecified atom stereocenters. The lowest BCUT2D eigenvalue weighted by Gasteiger charge is -2.07. The lowest BCUT2D eigenvalue weighted by Crippen LogP contribution is -2.20. The van der Waals surface area contributed by atoms with E-state index in [1.165, 1.54) is 5.56 Å². The fraction of sp³-hybridized carbons (Fsp3) is 0.417. The van der Waals surface area contributed by atoms with Crippen LogP contribution in [0, 0.1) is 0 Å². The first kappa shape index (κ1) is 12.1. The third kappa shape index (κ3) is 3.92. The molecular formula is C12H16ClNO. The van der Waals surface area contributed by atoms with Gasteiger partial charge < -0.3 is 5.32 Å². The number of aryl methyl sites for hydroxylation is 1. The van der Waals surface area contributed by atoms with Crippen molar-refractivity contribution < 1.29 is 4.79 Å². The zero-order chi connectivity index (χ0) is 11.3. The van der Waals surface area contributed by atoms with E-state index in [9.17, 15) is 4.79 Å². The molecule has 15 heavy (non-hydrogen) atoms. The summed E-state index contributed by atoms with van der Waals surface area (Å²) in [6.07, 6.45) is 2.20. The van der Waals surface area contributed by atoms with Crippen molar-refractivity contribution >= 4 is 23.2 Å². The van der Waals surface area contributed by atoms with Gasteiger partial charge in [0, 0.05) is 5.69 Å². The van der Waals surface area contributed by atoms with Gasteiger partial charge in [-0.25, -0.2) is 0 Å². The third-order valence-corrected chi connectivity index (χ3v) is 2.32. The maximum absolute atomic E-state index is 11.3. The van der Waals surface area contributed by atoms with Crippen LogP contribution in [0.4, 0.5) is 5.69 Å². The average molecular weight is 226 g/mol. The zero-order valence-electron chi connectivity index (χ0n) is 9.09. The molecule has 2 nitrogen and oxygen atoms in total. The fourth-order valence-electron chi connectivity index (χ4n) is 1.29. The Morgan fingerprint density at radius 3 is 2.47 bits per heavy atom. The van der Waals surface area contributed by atoms with Gasteiger partial charge in [-0.05, 0) is 31.0 Å². The number of amides is 1. The highest BCUT2D eigenvalue weighted by Crippen LogP contribution is 2.11. The SMILES string of the molecule is CCCc1ccc(NC(=O)C(C)Cl)cc1. The molecule has 0 aliphatic rings. The number of carbonyl (C=O) groups excluding carboxylic acids is 1. The second-order valence-electron chi connectivity index (χ2n) is 3.55. The molecule has 1 N–H and O–H groups in total. The summed E-state index contributed by atoms with van der Waals surface area (Å²) in [6.45, 7) is 3.80. The molecule has 0 aromatic heterocycles. The van der Waals surface area contributed by atoms with Crippen LogP contribution in [0.25, 0.3) is 0 Å². The molecule has 1 aromatic carbocycles. The van der Waals surface area contributed by atoms with Crippen LogP contribution < -0.4 is 5.32 Å². The van der Waals surface area contributed by atoms with E-state index in [1.807, 2.05) is 24.3 Å². The largest absolute Gasteiger partial charge is 0.325 e. The van der Waals surface area contributed by atoms with E-state index in [2.05, 4.69) is 12.2 Å². The normalized spacial score (nSPS) is 12.2. The quantitative estimate of drug-likeness (QED) is 0.784. The minimum Gasteiger partial charge on any atom is -0.325 e. The summed E-state index contributed by atoms with van der Waals surface area (Å²) in [4.78, 5) is 11.3. The van der Waals surface area contributed by atoms with Crippen LogP contribution >= 0.6 is 11.6 Å². The standard InChI is InChI=1S/C12H16ClNO/c1-3-4-10-5-7-11(8-6-10)14-12(15)9(2)13/h5-9H,3-4H2,1-2H3,(H,14,15). The van der Waals surface area contributed by atoms with Crippen LogP contribution in [-0.4, -0.2) is 11.3 Å². The van der Waals surface area contributed by atoms with Crippen LogP contribution in [0.3, 0.4) is 0 Å². The molecule has 0 radical (unpaired) electrons. The Balaban J connectivity index is 2.60. The van der Waals surface area contributed by atoms with Gasteiger partial charge in [-0.15, -0.1) is 11.6 Å². The Morgan fingerprint density at radius 1 is 1.40 bits per heavy atom. The van der Waals surface area contributed by atoms with Gasteiger partial charge in [0.05, 0.1) is 0 Å². The molecule has 1 amide bonds. The van der Waals surface area contributed by atoms with Crippen molar-refractivity contribution in [3.63, 3.8) is 0 Å². The highest BCUT2D eigenvalue weighted by Gasteiger charge is 2.08. The van der Waals surface area contributed by atoms with Crippen LogP contribution in [0.1, 0.15) is 25.8 Å². The maximum atomic E-state index is 11.3. The highest BCUT2D eigenvalue weighted by molar-refractivity contribution is 6.32.